The third kappa shape index (κ3) is 3.37. The van der Waals surface area contributed by atoms with Gasteiger partial charge in [0.05, 0.1) is 0 Å². The molecule has 1 aromatic rings. The molecule has 2 aliphatic carbocycles. The van der Waals surface area contributed by atoms with Crippen molar-refractivity contribution < 1.29 is 9.90 Å². The fourth-order valence-electron chi connectivity index (χ4n) is 4.91. The molecule has 2 amide bonds. The lowest BCUT2D eigenvalue weighted by Gasteiger charge is -2.31. The first-order valence-corrected chi connectivity index (χ1v) is 9.85. The van der Waals surface area contributed by atoms with E-state index < -0.39 is 0 Å². The van der Waals surface area contributed by atoms with Crippen LogP contribution in [0.2, 0.25) is 0 Å². The third-order valence-corrected chi connectivity index (χ3v) is 6.50. The highest BCUT2D eigenvalue weighted by atomic mass is 16.3. The number of nitrogens with one attached hydrogen (secondary N) is 1. The summed E-state index contributed by atoms with van der Waals surface area (Å²) in [6, 6.07) is 0.0659. The number of likely N-dealkylation sites (tertiary alicyclic amines) is 1. The predicted octanol–water partition coefficient (Wildman–Crippen LogP) is 1.80. The van der Waals surface area contributed by atoms with E-state index in [0.717, 1.165) is 62.5 Å². The summed E-state index contributed by atoms with van der Waals surface area (Å²) >= 11 is 0. The van der Waals surface area contributed by atoms with Crippen molar-refractivity contribution >= 4 is 6.03 Å². The summed E-state index contributed by atoms with van der Waals surface area (Å²) in [5.41, 5.74) is 0. The van der Waals surface area contributed by atoms with Crippen LogP contribution in [0.3, 0.4) is 0 Å². The summed E-state index contributed by atoms with van der Waals surface area (Å²) in [6.07, 6.45) is 10.2. The number of hydrogen-bond donors (Lipinski definition) is 2. The summed E-state index contributed by atoms with van der Waals surface area (Å²) in [5.74, 6) is 4.12. The number of fused-ring (bicyclic) bond motifs is 2. The molecule has 2 N–H and O–H groups in total. The van der Waals surface area contributed by atoms with Crippen molar-refractivity contribution in [1.82, 2.24) is 25.0 Å². The van der Waals surface area contributed by atoms with E-state index in [4.69, 9.17) is 0 Å². The first kappa shape index (κ1) is 17.5. The van der Waals surface area contributed by atoms with E-state index >= 15 is 0 Å². The van der Waals surface area contributed by atoms with Crippen molar-refractivity contribution in [1.29, 1.82) is 0 Å². The maximum atomic E-state index is 12.4. The SMILES string of the molecule is Cn1c(CO)nnc1C1CCN(C(=O)NCC[C@@H]2C[C@@H]3C=C[C@H]2C3)CC1. The lowest BCUT2D eigenvalue weighted by atomic mass is 9.91. The van der Waals surface area contributed by atoms with Gasteiger partial charge in [-0.05, 0) is 49.9 Å². The van der Waals surface area contributed by atoms with Gasteiger partial charge in [-0.2, -0.15) is 0 Å². The lowest BCUT2D eigenvalue weighted by Crippen LogP contribution is -2.44. The average Bonchev–Trinajstić information content (AvgIpc) is 3.37. The number of aromatic nitrogens is 3. The molecule has 0 spiro atoms. The number of rotatable bonds is 5. The topological polar surface area (TPSA) is 83.3 Å². The van der Waals surface area contributed by atoms with Crippen LogP contribution in [0.4, 0.5) is 4.79 Å². The minimum Gasteiger partial charge on any atom is -0.388 e. The van der Waals surface area contributed by atoms with Crippen molar-refractivity contribution in [3.8, 4) is 0 Å². The number of urea groups is 1. The number of piperidine rings is 1. The molecular weight excluding hydrogens is 330 g/mol. The second kappa shape index (κ2) is 7.39. The number of carbonyl (C=O) groups is 1. The third-order valence-electron chi connectivity index (χ3n) is 6.50. The molecule has 0 radical (unpaired) electrons. The number of carbonyl (C=O) groups excluding carboxylic acids is 1. The van der Waals surface area contributed by atoms with Crippen molar-refractivity contribution in [2.75, 3.05) is 19.6 Å². The Balaban J connectivity index is 1.21. The van der Waals surface area contributed by atoms with Gasteiger partial charge < -0.3 is 19.9 Å². The van der Waals surface area contributed by atoms with E-state index in [-0.39, 0.29) is 12.6 Å². The van der Waals surface area contributed by atoms with Gasteiger partial charge in [-0.25, -0.2) is 4.79 Å². The van der Waals surface area contributed by atoms with Crippen LogP contribution in [0, 0.1) is 17.8 Å². The monoisotopic (exact) mass is 359 g/mol. The molecule has 1 saturated heterocycles. The molecule has 0 aromatic carbocycles. The van der Waals surface area contributed by atoms with E-state index in [1.54, 1.807) is 0 Å². The minimum atomic E-state index is -0.0941. The molecule has 2 heterocycles. The predicted molar refractivity (Wildman–Crippen MR) is 97.3 cm³/mol. The van der Waals surface area contributed by atoms with Crippen LogP contribution < -0.4 is 5.32 Å². The molecule has 142 valence electrons. The number of aliphatic hydroxyl groups is 1. The highest BCUT2D eigenvalue weighted by Gasteiger charge is 2.35. The number of aliphatic hydroxyl groups excluding tert-OH is 1. The Kier molecular flexibility index (Phi) is 4.98. The highest BCUT2D eigenvalue weighted by Crippen LogP contribution is 2.44. The average molecular weight is 359 g/mol. The highest BCUT2D eigenvalue weighted by molar-refractivity contribution is 5.74. The molecule has 7 nitrogen and oxygen atoms in total. The zero-order valence-corrected chi connectivity index (χ0v) is 15.5. The normalized spacial score (nSPS) is 28.1. The van der Waals surface area contributed by atoms with Gasteiger partial charge in [0.2, 0.25) is 0 Å². The van der Waals surface area contributed by atoms with Crippen LogP contribution in [0.25, 0.3) is 0 Å². The molecule has 4 rings (SSSR count). The maximum Gasteiger partial charge on any atom is 0.317 e. The van der Waals surface area contributed by atoms with Gasteiger partial charge in [-0.3, -0.25) is 0 Å². The number of hydrogen-bond acceptors (Lipinski definition) is 4. The smallest absolute Gasteiger partial charge is 0.317 e. The summed E-state index contributed by atoms with van der Waals surface area (Å²) in [6.45, 7) is 2.18. The Morgan fingerprint density at radius 3 is 2.69 bits per heavy atom. The van der Waals surface area contributed by atoms with E-state index in [1.807, 2.05) is 16.5 Å². The van der Waals surface area contributed by atoms with Crippen LogP contribution in [-0.4, -0.2) is 50.4 Å². The first-order chi connectivity index (χ1) is 12.7. The number of amides is 2. The zero-order chi connectivity index (χ0) is 18.1. The van der Waals surface area contributed by atoms with E-state index in [2.05, 4.69) is 27.7 Å². The van der Waals surface area contributed by atoms with Crippen LogP contribution in [0.1, 0.15) is 49.7 Å². The van der Waals surface area contributed by atoms with Gasteiger partial charge in [-0.1, -0.05) is 12.2 Å². The van der Waals surface area contributed by atoms with Gasteiger partial charge in [0, 0.05) is 32.6 Å². The Bertz CT molecular complexity index is 677. The molecule has 2 bridgehead atoms. The Hall–Kier alpha value is -1.89. The van der Waals surface area contributed by atoms with Crippen LogP contribution >= 0.6 is 0 Å². The van der Waals surface area contributed by atoms with Crippen molar-refractivity contribution in [3.05, 3.63) is 23.8 Å². The molecule has 1 saturated carbocycles. The Morgan fingerprint density at radius 1 is 1.27 bits per heavy atom. The fourth-order valence-corrected chi connectivity index (χ4v) is 4.91. The molecule has 3 aliphatic rings. The fraction of sp³-hybridized carbons (Fsp3) is 0.737. The second-order valence-corrected chi connectivity index (χ2v) is 8.01. The van der Waals surface area contributed by atoms with Gasteiger partial charge in [0.1, 0.15) is 12.4 Å². The molecule has 7 heteroatoms. The molecular formula is C19H29N5O2. The molecule has 3 atom stereocenters. The molecule has 1 aromatic heterocycles. The number of nitrogens with zero attached hydrogens (tertiary/aromatic N) is 4. The summed E-state index contributed by atoms with van der Waals surface area (Å²) < 4.78 is 1.88. The van der Waals surface area contributed by atoms with Crippen molar-refractivity contribution in [2.45, 2.75) is 44.6 Å². The van der Waals surface area contributed by atoms with Crippen molar-refractivity contribution in [2.24, 2.45) is 24.8 Å². The van der Waals surface area contributed by atoms with Gasteiger partial charge in [0.15, 0.2) is 5.82 Å². The lowest BCUT2D eigenvalue weighted by molar-refractivity contribution is 0.179. The van der Waals surface area contributed by atoms with Gasteiger partial charge in [-0.15, -0.1) is 10.2 Å². The standard InChI is InChI=1S/C19H29N5O2/c1-23-17(12-25)21-22-18(23)14-5-8-24(9-6-14)19(26)20-7-4-16-11-13-2-3-15(16)10-13/h2-3,13-16,25H,4-12H2,1H3,(H,20,26)/t13-,15+,16-/m1/s1. The number of allylic oxidation sites excluding steroid dienone is 2. The first-order valence-electron chi connectivity index (χ1n) is 9.85. The largest absolute Gasteiger partial charge is 0.388 e. The van der Waals surface area contributed by atoms with Crippen molar-refractivity contribution in [3.63, 3.8) is 0 Å². The Morgan fingerprint density at radius 2 is 2.08 bits per heavy atom. The maximum absolute atomic E-state index is 12.4. The minimum absolute atomic E-state index is 0.0659. The van der Waals surface area contributed by atoms with Crippen LogP contribution in [-0.2, 0) is 13.7 Å². The van der Waals surface area contributed by atoms with E-state index in [9.17, 15) is 9.90 Å². The molecule has 2 fully saturated rings. The Labute approximate surface area is 154 Å². The van der Waals surface area contributed by atoms with E-state index in [0.29, 0.717) is 11.7 Å². The van der Waals surface area contributed by atoms with Crippen LogP contribution in [0.5, 0.6) is 0 Å². The summed E-state index contributed by atoms with van der Waals surface area (Å²) in [5, 5.41) is 20.6. The zero-order valence-electron chi connectivity index (χ0n) is 15.5. The van der Waals surface area contributed by atoms with Gasteiger partial charge in [0.25, 0.3) is 0 Å². The summed E-state index contributed by atoms with van der Waals surface area (Å²) in [4.78, 5) is 14.3. The summed E-state index contributed by atoms with van der Waals surface area (Å²) in [7, 11) is 1.89. The van der Waals surface area contributed by atoms with Crippen LogP contribution in [0.15, 0.2) is 12.2 Å². The quantitative estimate of drug-likeness (QED) is 0.785. The van der Waals surface area contributed by atoms with E-state index in [1.165, 1.54) is 12.8 Å². The van der Waals surface area contributed by atoms with Gasteiger partial charge >= 0.3 is 6.03 Å². The molecule has 0 unspecified atom stereocenters. The molecule has 26 heavy (non-hydrogen) atoms. The molecule has 1 aliphatic heterocycles. The second-order valence-electron chi connectivity index (χ2n) is 8.01.